The summed E-state index contributed by atoms with van der Waals surface area (Å²) < 4.78 is 0. The van der Waals surface area contributed by atoms with Gasteiger partial charge in [0.2, 0.25) is 0 Å². The molecule has 0 saturated carbocycles. The summed E-state index contributed by atoms with van der Waals surface area (Å²) in [6.07, 6.45) is 1.22. The van der Waals surface area contributed by atoms with Gasteiger partial charge in [0.25, 0.3) is 11.8 Å². The predicted molar refractivity (Wildman–Crippen MR) is 72.6 cm³/mol. The molecule has 0 saturated heterocycles. The maximum Gasteiger partial charge on any atom is 0.277 e. The van der Waals surface area contributed by atoms with Crippen LogP contribution in [-0.2, 0) is 16.2 Å². The molecule has 0 aromatic heterocycles. The number of anilines is 1. The van der Waals surface area contributed by atoms with E-state index in [-0.39, 0.29) is 25.5 Å². The fourth-order valence-corrected chi connectivity index (χ4v) is 2.02. The van der Waals surface area contributed by atoms with Crippen molar-refractivity contribution in [1.29, 1.82) is 0 Å². The summed E-state index contributed by atoms with van der Waals surface area (Å²) in [4.78, 5) is 24.6. The SMILES string of the molecule is Cc1cc(CO)ccc1NC1=CC(=O)N(CCO)C1=O. The van der Waals surface area contributed by atoms with Crippen molar-refractivity contribution in [2.45, 2.75) is 13.5 Å². The molecule has 1 aliphatic rings. The molecule has 6 heteroatoms. The van der Waals surface area contributed by atoms with Gasteiger partial charge in [0.15, 0.2) is 0 Å². The van der Waals surface area contributed by atoms with E-state index in [1.165, 1.54) is 6.08 Å². The van der Waals surface area contributed by atoms with Gasteiger partial charge in [0, 0.05) is 11.8 Å². The number of β-amino-alcohol motifs (C(OH)–C–C–N with tert-alkyl or cyclic N) is 1. The quantitative estimate of drug-likeness (QED) is 0.666. The molecule has 1 aromatic carbocycles. The molecule has 1 aliphatic heterocycles. The number of aliphatic hydroxyl groups is 2. The zero-order valence-electron chi connectivity index (χ0n) is 11.1. The number of nitrogens with one attached hydrogen (secondary N) is 1. The van der Waals surface area contributed by atoms with Crippen LogP contribution < -0.4 is 5.32 Å². The second-order valence-corrected chi connectivity index (χ2v) is 4.51. The molecule has 3 N–H and O–H groups in total. The fourth-order valence-electron chi connectivity index (χ4n) is 2.02. The lowest BCUT2D eigenvalue weighted by atomic mass is 10.1. The molecule has 106 valence electrons. The van der Waals surface area contributed by atoms with E-state index in [0.717, 1.165) is 16.0 Å². The van der Waals surface area contributed by atoms with Gasteiger partial charge in [-0.3, -0.25) is 14.5 Å². The first-order valence-electron chi connectivity index (χ1n) is 6.22. The fraction of sp³-hybridized carbons (Fsp3) is 0.286. The van der Waals surface area contributed by atoms with E-state index in [4.69, 9.17) is 10.2 Å². The summed E-state index contributed by atoms with van der Waals surface area (Å²) in [6, 6.07) is 5.28. The Balaban J connectivity index is 2.17. The van der Waals surface area contributed by atoms with Crippen molar-refractivity contribution in [3.05, 3.63) is 41.1 Å². The molecule has 0 fully saturated rings. The van der Waals surface area contributed by atoms with Gasteiger partial charge in [-0.25, -0.2) is 0 Å². The third-order valence-electron chi connectivity index (χ3n) is 3.08. The molecular formula is C14H16N2O4. The molecule has 2 amide bonds. The maximum atomic E-state index is 12.0. The van der Waals surface area contributed by atoms with E-state index < -0.39 is 11.8 Å². The number of aliphatic hydroxyl groups excluding tert-OH is 2. The average Bonchev–Trinajstić information content (AvgIpc) is 2.69. The molecule has 0 spiro atoms. The lowest BCUT2D eigenvalue weighted by molar-refractivity contribution is -0.137. The standard InChI is InChI=1S/C14H16N2O4/c1-9-6-10(8-18)2-3-11(9)15-12-7-13(19)16(4-5-17)14(12)20/h2-3,6-7,15,17-18H,4-5,8H2,1H3. The van der Waals surface area contributed by atoms with Crippen molar-refractivity contribution in [2.75, 3.05) is 18.5 Å². The summed E-state index contributed by atoms with van der Waals surface area (Å²) in [5.74, 6) is -0.883. The highest BCUT2D eigenvalue weighted by Gasteiger charge is 2.30. The second-order valence-electron chi connectivity index (χ2n) is 4.51. The van der Waals surface area contributed by atoms with Crippen molar-refractivity contribution in [1.82, 2.24) is 4.90 Å². The van der Waals surface area contributed by atoms with Crippen LogP contribution in [0.5, 0.6) is 0 Å². The van der Waals surface area contributed by atoms with Gasteiger partial charge in [-0.05, 0) is 24.1 Å². The molecule has 0 bridgehead atoms. The van der Waals surface area contributed by atoms with Gasteiger partial charge >= 0.3 is 0 Å². The van der Waals surface area contributed by atoms with Gasteiger partial charge < -0.3 is 15.5 Å². The Hall–Kier alpha value is -2.18. The van der Waals surface area contributed by atoms with Crippen molar-refractivity contribution in [2.24, 2.45) is 0 Å². The number of hydrogen-bond donors (Lipinski definition) is 3. The van der Waals surface area contributed by atoms with Crippen molar-refractivity contribution in [3.8, 4) is 0 Å². The highest BCUT2D eigenvalue weighted by molar-refractivity contribution is 6.17. The van der Waals surface area contributed by atoms with E-state index >= 15 is 0 Å². The topological polar surface area (TPSA) is 89.9 Å². The molecule has 2 rings (SSSR count). The minimum absolute atomic E-state index is 0.0121. The van der Waals surface area contributed by atoms with Crippen LogP contribution in [0.2, 0.25) is 0 Å². The number of aryl methyl sites for hydroxylation is 1. The summed E-state index contributed by atoms with van der Waals surface area (Å²) in [6.45, 7) is 1.52. The number of carbonyl (C=O) groups excluding carboxylic acids is 2. The zero-order valence-corrected chi connectivity index (χ0v) is 11.1. The molecule has 0 aliphatic carbocycles. The highest BCUT2D eigenvalue weighted by Crippen LogP contribution is 2.21. The predicted octanol–water partition coefficient (Wildman–Crippen LogP) is 0.144. The Morgan fingerprint density at radius 2 is 2.00 bits per heavy atom. The number of hydrogen-bond acceptors (Lipinski definition) is 5. The monoisotopic (exact) mass is 276 g/mol. The molecular weight excluding hydrogens is 260 g/mol. The smallest absolute Gasteiger partial charge is 0.277 e. The lowest BCUT2D eigenvalue weighted by Crippen LogP contribution is -2.34. The van der Waals surface area contributed by atoms with Crippen LogP contribution in [0.3, 0.4) is 0 Å². The number of amides is 2. The van der Waals surface area contributed by atoms with E-state index in [1.807, 2.05) is 6.92 Å². The second kappa shape index (κ2) is 5.85. The van der Waals surface area contributed by atoms with Gasteiger partial charge in [-0.1, -0.05) is 12.1 Å². The minimum atomic E-state index is -0.449. The van der Waals surface area contributed by atoms with Gasteiger partial charge in [-0.15, -0.1) is 0 Å². The minimum Gasteiger partial charge on any atom is -0.395 e. The molecule has 0 radical (unpaired) electrons. The van der Waals surface area contributed by atoms with Crippen LogP contribution in [0.4, 0.5) is 5.69 Å². The third kappa shape index (κ3) is 2.71. The van der Waals surface area contributed by atoms with E-state index in [9.17, 15) is 9.59 Å². The Morgan fingerprint density at radius 1 is 1.25 bits per heavy atom. The van der Waals surface area contributed by atoms with Gasteiger partial charge in [0.1, 0.15) is 5.70 Å². The molecule has 0 atom stereocenters. The van der Waals surface area contributed by atoms with Crippen LogP contribution in [-0.4, -0.2) is 40.1 Å². The molecule has 1 aromatic rings. The summed E-state index contributed by atoms with van der Waals surface area (Å²) in [5.41, 5.74) is 2.51. The normalized spacial score (nSPS) is 14.8. The third-order valence-corrected chi connectivity index (χ3v) is 3.08. The largest absolute Gasteiger partial charge is 0.395 e. The Kier molecular flexibility index (Phi) is 4.16. The van der Waals surface area contributed by atoms with E-state index in [1.54, 1.807) is 18.2 Å². The first-order valence-corrected chi connectivity index (χ1v) is 6.22. The maximum absolute atomic E-state index is 12.0. The summed E-state index contributed by atoms with van der Waals surface area (Å²) >= 11 is 0. The Labute approximate surface area is 116 Å². The van der Waals surface area contributed by atoms with E-state index in [2.05, 4.69) is 5.32 Å². The average molecular weight is 276 g/mol. The first-order chi connectivity index (χ1) is 9.56. The first kappa shape index (κ1) is 14.2. The van der Waals surface area contributed by atoms with Crippen LogP contribution in [0.25, 0.3) is 0 Å². The number of imide groups is 1. The number of nitrogens with zero attached hydrogens (tertiary/aromatic N) is 1. The van der Waals surface area contributed by atoms with Crippen LogP contribution in [0, 0.1) is 6.92 Å². The summed E-state index contributed by atoms with van der Waals surface area (Å²) in [7, 11) is 0. The zero-order chi connectivity index (χ0) is 14.7. The molecule has 6 nitrogen and oxygen atoms in total. The van der Waals surface area contributed by atoms with Crippen molar-refractivity contribution >= 4 is 17.5 Å². The van der Waals surface area contributed by atoms with Gasteiger partial charge in [0.05, 0.1) is 19.8 Å². The molecule has 0 unspecified atom stereocenters. The molecule has 1 heterocycles. The van der Waals surface area contributed by atoms with Crippen LogP contribution >= 0.6 is 0 Å². The number of rotatable bonds is 5. The summed E-state index contributed by atoms with van der Waals surface area (Å²) in [5, 5.41) is 20.8. The molecule has 20 heavy (non-hydrogen) atoms. The lowest BCUT2D eigenvalue weighted by Gasteiger charge is -2.14. The van der Waals surface area contributed by atoms with Crippen molar-refractivity contribution < 1.29 is 19.8 Å². The highest BCUT2D eigenvalue weighted by atomic mass is 16.3. The Morgan fingerprint density at radius 3 is 2.60 bits per heavy atom. The van der Waals surface area contributed by atoms with E-state index in [0.29, 0.717) is 5.69 Å². The Bertz CT molecular complexity index is 581. The van der Waals surface area contributed by atoms with Crippen LogP contribution in [0.1, 0.15) is 11.1 Å². The van der Waals surface area contributed by atoms with Gasteiger partial charge in [-0.2, -0.15) is 0 Å². The number of carbonyl (C=O) groups is 2. The van der Waals surface area contributed by atoms with Crippen LogP contribution in [0.15, 0.2) is 30.0 Å². The number of benzene rings is 1. The van der Waals surface area contributed by atoms with Crippen molar-refractivity contribution in [3.63, 3.8) is 0 Å².